The molecule has 0 aromatic carbocycles. The van der Waals surface area contributed by atoms with Crippen molar-refractivity contribution in [2.45, 2.75) is 0 Å². The van der Waals surface area contributed by atoms with Gasteiger partial charge in [-0.15, -0.1) is 0 Å². The zero-order valence-corrected chi connectivity index (χ0v) is 5.29. The molecule has 0 rings (SSSR count). The number of rotatable bonds is 0. The molecule has 0 aliphatic rings. The van der Waals surface area contributed by atoms with Gasteiger partial charge in [-0.3, -0.25) is 0 Å². The normalized spacial score (nSPS) is 3.43. The average Bonchev–Trinajstić information content (AvgIpc) is 0.811. The third-order valence-electron chi connectivity index (χ3n) is 0. The van der Waals surface area contributed by atoms with Crippen molar-refractivity contribution < 1.29 is 54.3 Å². The van der Waals surface area contributed by atoms with E-state index in [1.165, 1.54) is 0 Å². The van der Waals surface area contributed by atoms with E-state index in [2.05, 4.69) is 0 Å². The molecular formula is CH4CrNiO4. The zero-order valence-electron chi connectivity index (χ0n) is 3.03. The van der Waals surface area contributed by atoms with E-state index in [0.29, 0.717) is 0 Å². The van der Waals surface area contributed by atoms with Gasteiger partial charge < -0.3 is 15.7 Å². The van der Waals surface area contributed by atoms with E-state index in [9.17, 15) is 0 Å². The fourth-order valence-corrected chi connectivity index (χ4v) is 0. The Labute approximate surface area is 60.9 Å². The maximum atomic E-state index is 8.56. The predicted molar refractivity (Wildman–Crippen MR) is 14.3 cm³/mol. The summed E-state index contributed by atoms with van der Waals surface area (Å²) in [5, 5.41) is 13.9. The summed E-state index contributed by atoms with van der Waals surface area (Å²) in [4.78, 5) is 8.56. The molecule has 0 amide bonds. The second-order valence-corrected chi connectivity index (χ2v) is 0.283. The smallest absolute Gasteiger partial charge is 0.450 e. The van der Waals surface area contributed by atoms with Crippen LogP contribution in [0.5, 0.6) is 0 Å². The van der Waals surface area contributed by atoms with Crippen LogP contribution in [0.4, 0.5) is 4.79 Å². The SMILES string of the molecule is O.O=C(O)O.[Cr].[Ni]. The average molecular weight is 191 g/mol. The van der Waals surface area contributed by atoms with Crippen LogP contribution >= 0.6 is 0 Å². The second-order valence-electron chi connectivity index (χ2n) is 0.283. The Balaban J connectivity index is -0.0000000150. The Bertz CT molecular complexity index is 34.7. The molecular weight excluding hydrogens is 187 g/mol. The molecule has 0 radical (unpaired) electrons. The first-order chi connectivity index (χ1) is 1.73. The first-order valence-electron chi connectivity index (χ1n) is 0.651. The molecule has 4 nitrogen and oxygen atoms in total. The van der Waals surface area contributed by atoms with Crippen molar-refractivity contribution in [2.75, 3.05) is 0 Å². The first-order valence-corrected chi connectivity index (χ1v) is 0.651. The van der Waals surface area contributed by atoms with Crippen LogP contribution in [-0.4, -0.2) is 21.8 Å². The molecule has 0 fully saturated rings. The summed E-state index contributed by atoms with van der Waals surface area (Å²) in [7, 11) is 0. The molecule has 0 aliphatic heterocycles. The maximum absolute atomic E-state index is 8.56. The number of carboxylic acid groups (broad SMARTS) is 2. The molecule has 6 heteroatoms. The Hall–Kier alpha value is 0.256. The van der Waals surface area contributed by atoms with Gasteiger partial charge >= 0.3 is 6.16 Å². The van der Waals surface area contributed by atoms with Gasteiger partial charge in [-0.2, -0.15) is 0 Å². The van der Waals surface area contributed by atoms with Gasteiger partial charge in [0.1, 0.15) is 0 Å². The van der Waals surface area contributed by atoms with Crippen molar-refractivity contribution in [2.24, 2.45) is 0 Å². The van der Waals surface area contributed by atoms with Gasteiger partial charge in [-0.1, -0.05) is 0 Å². The Morgan fingerprint density at radius 2 is 1.29 bits per heavy atom. The maximum Gasteiger partial charge on any atom is 0.503 e. The summed E-state index contributed by atoms with van der Waals surface area (Å²) >= 11 is 0. The van der Waals surface area contributed by atoms with Crippen molar-refractivity contribution in [1.29, 1.82) is 0 Å². The molecule has 0 unspecified atom stereocenters. The third-order valence-corrected chi connectivity index (χ3v) is 0. The summed E-state index contributed by atoms with van der Waals surface area (Å²) in [5.41, 5.74) is 0. The van der Waals surface area contributed by atoms with Crippen LogP contribution in [0.3, 0.4) is 0 Å². The van der Waals surface area contributed by atoms with Crippen molar-refractivity contribution in [3.8, 4) is 0 Å². The molecule has 0 spiro atoms. The zero-order chi connectivity index (χ0) is 3.58. The van der Waals surface area contributed by atoms with E-state index in [-0.39, 0.29) is 39.3 Å². The topological polar surface area (TPSA) is 89.0 Å². The van der Waals surface area contributed by atoms with Crippen molar-refractivity contribution >= 4 is 6.16 Å². The van der Waals surface area contributed by atoms with Crippen LogP contribution < -0.4 is 0 Å². The summed E-state index contributed by atoms with van der Waals surface area (Å²) in [5.74, 6) is 0. The van der Waals surface area contributed by atoms with E-state index >= 15 is 0 Å². The van der Waals surface area contributed by atoms with Gasteiger partial charge in [-0.25, -0.2) is 4.79 Å². The molecule has 0 saturated carbocycles. The third kappa shape index (κ3) is 1730. The minimum Gasteiger partial charge on any atom is -0.450 e. The van der Waals surface area contributed by atoms with E-state index in [1.807, 2.05) is 0 Å². The molecule has 0 aromatic rings. The molecule has 4 N–H and O–H groups in total. The minimum absolute atomic E-state index is 0. The summed E-state index contributed by atoms with van der Waals surface area (Å²) < 4.78 is 0. The molecule has 0 bridgehead atoms. The molecule has 0 aliphatic carbocycles. The van der Waals surface area contributed by atoms with Gasteiger partial charge in [0.2, 0.25) is 0 Å². The predicted octanol–water partition coefficient (Wildman–Crippen LogP) is -0.607. The van der Waals surface area contributed by atoms with Gasteiger partial charge in [0.25, 0.3) is 0 Å². The number of hydrogen-bond donors (Lipinski definition) is 2. The summed E-state index contributed by atoms with van der Waals surface area (Å²) in [6, 6.07) is 0. The quantitative estimate of drug-likeness (QED) is 0.500. The summed E-state index contributed by atoms with van der Waals surface area (Å²) in [6.45, 7) is 0. The largest absolute Gasteiger partial charge is 0.503 e. The van der Waals surface area contributed by atoms with Gasteiger partial charge in [-0.05, 0) is 0 Å². The summed E-state index contributed by atoms with van der Waals surface area (Å²) in [6.07, 6.45) is -1.83. The van der Waals surface area contributed by atoms with Crippen LogP contribution in [0, 0.1) is 0 Å². The standard InChI is InChI=1S/CH2O3.Cr.Ni.H2O/c2-1(3)4;;;/h(H2,2,3,4);;;1H2. The van der Waals surface area contributed by atoms with E-state index in [0.717, 1.165) is 0 Å². The fourth-order valence-electron chi connectivity index (χ4n) is 0. The van der Waals surface area contributed by atoms with E-state index in [4.69, 9.17) is 15.0 Å². The van der Waals surface area contributed by atoms with Crippen LogP contribution in [0.15, 0.2) is 0 Å². The number of carbonyl (C=O) groups is 1. The van der Waals surface area contributed by atoms with Crippen molar-refractivity contribution in [1.82, 2.24) is 0 Å². The van der Waals surface area contributed by atoms with Gasteiger partial charge in [0.05, 0.1) is 0 Å². The minimum atomic E-state index is -1.83. The second kappa shape index (κ2) is 16.3. The number of hydrogen-bond acceptors (Lipinski definition) is 1. The molecule has 0 heterocycles. The van der Waals surface area contributed by atoms with Crippen LogP contribution in [-0.2, 0) is 33.9 Å². The Morgan fingerprint density at radius 3 is 1.29 bits per heavy atom. The van der Waals surface area contributed by atoms with Gasteiger partial charge in [0, 0.05) is 33.9 Å². The molecule has 0 aromatic heterocycles. The fraction of sp³-hybridized carbons (Fsp3) is 0. The molecule has 0 atom stereocenters. The first kappa shape index (κ1) is 26.8. The van der Waals surface area contributed by atoms with E-state index in [1.54, 1.807) is 0 Å². The van der Waals surface area contributed by atoms with Crippen molar-refractivity contribution in [3.05, 3.63) is 0 Å². The van der Waals surface area contributed by atoms with Crippen LogP contribution in [0.2, 0.25) is 0 Å². The van der Waals surface area contributed by atoms with Gasteiger partial charge in [0.15, 0.2) is 0 Å². The van der Waals surface area contributed by atoms with Crippen molar-refractivity contribution in [3.63, 3.8) is 0 Å². The van der Waals surface area contributed by atoms with Crippen LogP contribution in [0.1, 0.15) is 0 Å². The van der Waals surface area contributed by atoms with Crippen LogP contribution in [0.25, 0.3) is 0 Å². The van der Waals surface area contributed by atoms with E-state index < -0.39 is 6.16 Å². The molecule has 0 saturated heterocycles. The monoisotopic (exact) mass is 190 g/mol. The molecule has 48 valence electrons. The Kier molecular flexibility index (Phi) is 62.4. The Morgan fingerprint density at radius 1 is 1.29 bits per heavy atom. The molecule has 7 heavy (non-hydrogen) atoms.